The number of nitrogens with two attached hydrogens (primary N) is 1. The molecule has 0 unspecified atom stereocenters. The molecule has 4 heteroatoms. The molecule has 1 aliphatic rings. The topological polar surface area (TPSA) is 47.3 Å². The van der Waals surface area contributed by atoms with Gasteiger partial charge in [-0.1, -0.05) is 11.6 Å². The summed E-state index contributed by atoms with van der Waals surface area (Å²) in [6.45, 7) is 2.39. The van der Waals surface area contributed by atoms with E-state index < -0.39 is 0 Å². The Kier molecular flexibility index (Phi) is 3.91. The molecule has 0 atom stereocenters. The summed E-state index contributed by atoms with van der Waals surface area (Å²) < 4.78 is 5.51. The second-order valence-electron chi connectivity index (χ2n) is 4.18. The van der Waals surface area contributed by atoms with Crippen molar-refractivity contribution < 1.29 is 4.74 Å². The largest absolute Gasteiger partial charge is 0.399 e. The van der Waals surface area contributed by atoms with Crippen molar-refractivity contribution in [1.82, 2.24) is 0 Å². The summed E-state index contributed by atoms with van der Waals surface area (Å²) in [6.07, 6.45) is 2.66. The summed E-state index contributed by atoms with van der Waals surface area (Å²) in [5, 5.41) is 3.88. The van der Waals surface area contributed by atoms with Gasteiger partial charge in [-0.3, -0.25) is 0 Å². The van der Waals surface area contributed by atoms with Gasteiger partial charge in [0.15, 0.2) is 0 Å². The highest BCUT2D eigenvalue weighted by atomic mass is 35.5. The minimum absolute atomic E-state index is 0.655. The monoisotopic (exact) mass is 240 g/mol. The first-order chi connectivity index (χ1) is 7.75. The first-order valence-corrected chi connectivity index (χ1v) is 6.00. The molecular weight excluding hydrogens is 224 g/mol. The molecule has 1 aromatic carbocycles. The van der Waals surface area contributed by atoms with E-state index in [0.717, 1.165) is 31.4 Å². The third kappa shape index (κ3) is 3.58. The van der Waals surface area contributed by atoms with Crippen molar-refractivity contribution >= 4 is 23.0 Å². The van der Waals surface area contributed by atoms with E-state index in [1.54, 1.807) is 6.07 Å². The van der Waals surface area contributed by atoms with Crippen molar-refractivity contribution in [3.63, 3.8) is 0 Å². The molecule has 0 radical (unpaired) electrons. The molecule has 1 saturated carbocycles. The zero-order valence-corrected chi connectivity index (χ0v) is 9.96. The Morgan fingerprint density at radius 2 is 2.25 bits per heavy atom. The number of ether oxygens (including phenoxy) is 1. The van der Waals surface area contributed by atoms with Crippen LogP contribution in [0.25, 0.3) is 0 Å². The van der Waals surface area contributed by atoms with E-state index in [9.17, 15) is 0 Å². The molecule has 1 aromatic rings. The number of halogens is 1. The van der Waals surface area contributed by atoms with Crippen LogP contribution < -0.4 is 11.1 Å². The van der Waals surface area contributed by atoms with Crippen molar-refractivity contribution in [2.75, 3.05) is 30.8 Å². The lowest BCUT2D eigenvalue weighted by Crippen LogP contribution is -2.10. The number of hydrogen-bond acceptors (Lipinski definition) is 3. The predicted molar refractivity (Wildman–Crippen MR) is 67.9 cm³/mol. The number of nitrogens with one attached hydrogen (secondary N) is 1. The first kappa shape index (κ1) is 11.6. The maximum Gasteiger partial charge on any atom is 0.0657 e. The van der Waals surface area contributed by atoms with Crippen LogP contribution >= 0.6 is 11.6 Å². The Morgan fingerprint density at radius 3 is 2.94 bits per heavy atom. The van der Waals surface area contributed by atoms with Gasteiger partial charge in [-0.15, -0.1) is 0 Å². The highest BCUT2D eigenvalue weighted by Gasteiger charge is 2.20. The van der Waals surface area contributed by atoms with Gasteiger partial charge in [-0.25, -0.2) is 0 Å². The second kappa shape index (κ2) is 5.41. The molecule has 0 bridgehead atoms. The van der Waals surface area contributed by atoms with Crippen molar-refractivity contribution in [1.29, 1.82) is 0 Å². The third-order valence-corrected chi connectivity index (χ3v) is 2.92. The maximum atomic E-state index is 6.02. The molecule has 88 valence electrons. The lowest BCUT2D eigenvalue weighted by atomic mass is 10.3. The van der Waals surface area contributed by atoms with E-state index in [1.807, 2.05) is 12.1 Å². The van der Waals surface area contributed by atoms with Crippen LogP contribution in [0.15, 0.2) is 18.2 Å². The Hall–Kier alpha value is -0.930. The Balaban J connectivity index is 1.67. The van der Waals surface area contributed by atoms with Crippen molar-refractivity contribution in [3.8, 4) is 0 Å². The average molecular weight is 241 g/mol. The second-order valence-corrected chi connectivity index (χ2v) is 4.59. The summed E-state index contributed by atoms with van der Waals surface area (Å²) in [7, 11) is 0. The maximum absolute atomic E-state index is 6.02. The van der Waals surface area contributed by atoms with Gasteiger partial charge in [0.1, 0.15) is 0 Å². The van der Waals surface area contributed by atoms with Crippen LogP contribution in [0.4, 0.5) is 11.4 Å². The summed E-state index contributed by atoms with van der Waals surface area (Å²) in [5.41, 5.74) is 7.20. The van der Waals surface area contributed by atoms with Crippen molar-refractivity contribution in [2.24, 2.45) is 5.92 Å². The molecule has 3 nitrogen and oxygen atoms in total. The zero-order valence-electron chi connectivity index (χ0n) is 9.21. The molecule has 2 rings (SSSR count). The third-order valence-electron chi connectivity index (χ3n) is 2.61. The van der Waals surface area contributed by atoms with E-state index in [-0.39, 0.29) is 0 Å². The molecule has 3 N–H and O–H groups in total. The van der Waals surface area contributed by atoms with Gasteiger partial charge >= 0.3 is 0 Å². The quantitative estimate of drug-likeness (QED) is 0.594. The highest BCUT2D eigenvalue weighted by Crippen LogP contribution is 2.28. The van der Waals surface area contributed by atoms with Gasteiger partial charge in [-0.2, -0.15) is 0 Å². The number of anilines is 2. The molecule has 0 saturated heterocycles. The Morgan fingerprint density at radius 1 is 1.44 bits per heavy atom. The van der Waals surface area contributed by atoms with Crippen molar-refractivity contribution in [2.45, 2.75) is 12.8 Å². The van der Waals surface area contributed by atoms with E-state index in [0.29, 0.717) is 10.7 Å². The molecule has 16 heavy (non-hydrogen) atoms. The van der Waals surface area contributed by atoms with E-state index in [4.69, 9.17) is 22.1 Å². The Labute approximate surface area is 101 Å². The predicted octanol–water partition coefficient (Wildman–Crippen LogP) is 2.76. The fraction of sp³-hybridized carbons (Fsp3) is 0.500. The van der Waals surface area contributed by atoms with Gasteiger partial charge in [0.2, 0.25) is 0 Å². The van der Waals surface area contributed by atoms with Crippen LogP contribution in [0, 0.1) is 5.92 Å². The van der Waals surface area contributed by atoms with Crippen LogP contribution in [0.3, 0.4) is 0 Å². The lowest BCUT2D eigenvalue weighted by Gasteiger charge is -2.09. The van der Waals surface area contributed by atoms with Crippen LogP contribution in [0.5, 0.6) is 0 Å². The number of nitrogen functional groups attached to an aromatic ring is 1. The van der Waals surface area contributed by atoms with Crippen LogP contribution in [0.1, 0.15) is 12.8 Å². The van der Waals surface area contributed by atoms with Gasteiger partial charge in [0.25, 0.3) is 0 Å². The van der Waals surface area contributed by atoms with Gasteiger partial charge in [-0.05, 0) is 37.0 Å². The molecular formula is C12H17ClN2O. The summed E-state index contributed by atoms with van der Waals surface area (Å²) >= 11 is 6.02. The fourth-order valence-electron chi connectivity index (χ4n) is 1.47. The first-order valence-electron chi connectivity index (χ1n) is 5.62. The standard InChI is InChI=1S/C12H17ClN2O/c13-11-7-10(14)3-4-12(11)15-5-6-16-8-9-1-2-9/h3-4,7,9,15H,1-2,5-6,8,14H2. The van der Waals surface area contributed by atoms with Crippen molar-refractivity contribution in [3.05, 3.63) is 23.2 Å². The molecule has 0 spiro atoms. The van der Waals surface area contributed by atoms with Crippen LogP contribution in [-0.2, 0) is 4.74 Å². The zero-order chi connectivity index (χ0) is 11.4. The molecule has 0 heterocycles. The fourth-order valence-corrected chi connectivity index (χ4v) is 1.72. The number of hydrogen-bond donors (Lipinski definition) is 2. The summed E-state index contributed by atoms with van der Waals surface area (Å²) in [6, 6.07) is 5.47. The van der Waals surface area contributed by atoms with E-state index in [2.05, 4.69) is 5.32 Å². The average Bonchev–Trinajstić information content (AvgIpc) is 3.04. The normalized spacial score (nSPS) is 15.1. The summed E-state index contributed by atoms with van der Waals surface area (Å²) in [4.78, 5) is 0. The van der Waals surface area contributed by atoms with Gasteiger partial charge in [0.05, 0.1) is 17.3 Å². The molecule has 1 aliphatic carbocycles. The summed E-state index contributed by atoms with van der Waals surface area (Å²) in [5.74, 6) is 0.820. The number of benzene rings is 1. The Bertz CT molecular complexity index is 353. The SMILES string of the molecule is Nc1ccc(NCCOCC2CC2)c(Cl)c1. The minimum Gasteiger partial charge on any atom is -0.399 e. The van der Waals surface area contributed by atoms with Crippen LogP contribution in [0.2, 0.25) is 5.02 Å². The molecule has 1 fully saturated rings. The van der Waals surface area contributed by atoms with Crippen LogP contribution in [-0.4, -0.2) is 19.8 Å². The van der Waals surface area contributed by atoms with E-state index in [1.165, 1.54) is 12.8 Å². The highest BCUT2D eigenvalue weighted by molar-refractivity contribution is 6.33. The lowest BCUT2D eigenvalue weighted by molar-refractivity contribution is 0.134. The minimum atomic E-state index is 0.655. The molecule has 0 aromatic heterocycles. The number of rotatable bonds is 6. The molecule has 0 aliphatic heterocycles. The van der Waals surface area contributed by atoms with E-state index >= 15 is 0 Å². The van der Waals surface area contributed by atoms with Gasteiger partial charge < -0.3 is 15.8 Å². The van der Waals surface area contributed by atoms with Gasteiger partial charge in [0, 0.05) is 18.8 Å². The molecule has 0 amide bonds. The smallest absolute Gasteiger partial charge is 0.0657 e.